The Bertz CT molecular complexity index is 622. The first-order chi connectivity index (χ1) is 19.9. The smallest absolute Gasteiger partial charge is 0.322 e. The summed E-state index contributed by atoms with van der Waals surface area (Å²) in [4.78, 5) is 35.8. The zero-order valence-corrected chi connectivity index (χ0v) is 27.4. The lowest BCUT2D eigenvalue weighted by Crippen LogP contribution is -2.33. The van der Waals surface area contributed by atoms with Gasteiger partial charge >= 0.3 is 17.9 Å². The quantitative estimate of drug-likeness (QED) is 0.0515. The van der Waals surface area contributed by atoms with Crippen molar-refractivity contribution in [3.63, 3.8) is 0 Å². The van der Waals surface area contributed by atoms with E-state index >= 15 is 0 Å². The van der Waals surface area contributed by atoms with E-state index in [1.165, 1.54) is 116 Å². The number of ether oxygens (including phenoxy) is 2. The summed E-state index contributed by atoms with van der Waals surface area (Å²) in [6, 6.07) is -0.866. The van der Waals surface area contributed by atoms with Crippen LogP contribution in [0.1, 0.15) is 188 Å². The van der Waals surface area contributed by atoms with Crippen LogP contribution in [-0.4, -0.2) is 30.6 Å². The molecule has 0 aliphatic heterocycles. The standard InChI is InChI=1S/C35H67NO5/c1-4-5-6-7-8-14-18-21-24-27-33(37)41-34(38)29-28-32(36)35(39)40-30-25-22-19-16-13-11-9-10-12-15-17-20-23-26-31(2)3/h31-32H,4-30,36H2,1-3H3/t32-/m0/s1. The minimum Gasteiger partial charge on any atom is -0.465 e. The highest BCUT2D eigenvalue weighted by atomic mass is 16.6. The molecule has 2 N–H and O–H groups in total. The van der Waals surface area contributed by atoms with Crippen molar-refractivity contribution in [2.75, 3.05) is 6.61 Å². The molecule has 0 saturated heterocycles. The second-order valence-corrected chi connectivity index (χ2v) is 12.5. The Labute approximate surface area is 253 Å². The van der Waals surface area contributed by atoms with Crippen molar-refractivity contribution in [2.24, 2.45) is 11.7 Å². The van der Waals surface area contributed by atoms with Crippen LogP contribution in [0.25, 0.3) is 0 Å². The van der Waals surface area contributed by atoms with Gasteiger partial charge in [-0.05, 0) is 25.2 Å². The molecule has 0 unspecified atom stereocenters. The van der Waals surface area contributed by atoms with Crippen LogP contribution in [0.2, 0.25) is 0 Å². The third kappa shape index (κ3) is 29.8. The SMILES string of the molecule is CCCCCCCCCCCC(=O)OC(=O)CC[C@H](N)C(=O)OCCCCCCCCCCCCCCCC(C)C. The second kappa shape index (κ2) is 30.0. The molecule has 0 aromatic rings. The monoisotopic (exact) mass is 582 g/mol. The molecule has 0 aliphatic rings. The highest BCUT2D eigenvalue weighted by molar-refractivity contribution is 5.85. The van der Waals surface area contributed by atoms with Crippen molar-refractivity contribution < 1.29 is 23.9 Å². The third-order valence-electron chi connectivity index (χ3n) is 7.84. The van der Waals surface area contributed by atoms with Crippen molar-refractivity contribution in [3.8, 4) is 0 Å². The summed E-state index contributed by atoms with van der Waals surface area (Å²) in [6.45, 7) is 7.20. The van der Waals surface area contributed by atoms with E-state index < -0.39 is 23.9 Å². The fraction of sp³-hybridized carbons (Fsp3) is 0.914. The van der Waals surface area contributed by atoms with Gasteiger partial charge in [-0.1, -0.05) is 156 Å². The molecule has 0 fully saturated rings. The zero-order chi connectivity index (χ0) is 30.4. The molecule has 0 bridgehead atoms. The number of hydrogen-bond acceptors (Lipinski definition) is 6. The van der Waals surface area contributed by atoms with Crippen LogP contribution in [0.15, 0.2) is 0 Å². The minimum absolute atomic E-state index is 0.0575. The highest BCUT2D eigenvalue weighted by Gasteiger charge is 2.18. The van der Waals surface area contributed by atoms with Gasteiger partial charge in [-0.15, -0.1) is 0 Å². The third-order valence-corrected chi connectivity index (χ3v) is 7.84. The number of nitrogens with two attached hydrogens (primary N) is 1. The predicted octanol–water partition coefficient (Wildman–Crippen LogP) is 9.75. The maximum Gasteiger partial charge on any atom is 0.322 e. The summed E-state index contributed by atoms with van der Waals surface area (Å²) in [7, 11) is 0. The summed E-state index contributed by atoms with van der Waals surface area (Å²) in [5, 5.41) is 0. The van der Waals surface area contributed by atoms with Gasteiger partial charge in [0, 0.05) is 12.8 Å². The van der Waals surface area contributed by atoms with E-state index in [0.717, 1.165) is 38.0 Å². The second-order valence-electron chi connectivity index (χ2n) is 12.5. The maximum atomic E-state index is 12.1. The number of carbonyl (C=O) groups is 3. The van der Waals surface area contributed by atoms with Gasteiger partial charge in [-0.25, -0.2) is 0 Å². The summed E-state index contributed by atoms with van der Waals surface area (Å²) < 4.78 is 10.1. The Kier molecular flexibility index (Phi) is 29.0. The van der Waals surface area contributed by atoms with Crippen LogP contribution < -0.4 is 5.73 Å². The molecule has 0 saturated carbocycles. The van der Waals surface area contributed by atoms with Crippen LogP contribution >= 0.6 is 0 Å². The van der Waals surface area contributed by atoms with Crippen molar-refractivity contribution in [3.05, 3.63) is 0 Å². The van der Waals surface area contributed by atoms with Gasteiger partial charge < -0.3 is 15.2 Å². The molecule has 242 valence electrons. The first-order valence-electron chi connectivity index (χ1n) is 17.5. The lowest BCUT2D eigenvalue weighted by molar-refractivity contribution is -0.159. The highest BCUT2D eigenvalue weighted by Crippen LogP contribution is 2.15. The molecule has 0 rings (SSSR count). The van der Waals surface area contributed by atoms with E-state index in [0.29, 0.717) is 6.61 Å². The Morgan fingerprint density at radius 2 is 0.951 bits per heavy atom. The normalized spacial score (nSPS) is 12.0. The summed E-state index contributed by atoms with van der Waals surface area (Å²) in [6.07, 6.45) is 28.7. The van der Waals surface area contributed by atoms with Crippen molar-refractivity contribution in [1.82, 2.24) is 0 Å². The zero-order valence-electron chi connectivity index (χ0n) is 27.4. The largest absolute Gasteiger partial charge is 0.465 e. The number of esters is 3. The Hall–Kier alpha value is -1.43. The average molecular weight is 582 g/mol. The summed E-state index contributed by atoms with van der Waals surface area (Å²) in [5.41, 5.74) is 5.87. The van der Waals surface area contributed by atoms with E-state index in [1.54, 1.807) is 0 Å². The minimum atomic E-state index is -0.866. The van der Waals surface area contributed by atoms with Crippen LogP contribution in [0.3, 0.4) is 0 Å². The van der Waals surface area contributed by atoms with E-state index in [1.807, 2.05) is 0 Å². The molecule has 41 heavy (non-hydrogen) atoms. The van der Waals surface area contributed by atoms with Gasteiger partial charge in [-0.2, -0.15) is 0 Å². The van der Waals surface area contributed by atoms with Crippen LogP contribution in [0.5, 0.6) is 0 Å². The Balaban J connectivity index is 3.51. The Morgan fingerprint density at radius 3 is 1.44 bits per heavy atom. The molecular formula is C35H67NO5. The molecule has 1 atom stereocenters. The summed E-state index contributed by atoms with van der Waals surface area (Å²) >= 11 is 0. The average Bonchev–Trinajstić information content (AvgIpc) is 2.94. The van der Waals surface area contributed by atoms with Crippen LogP contribution in [0.4, 0.5) is 0 Å². The number of carbonyl (C=O) groups excluding carboxylic acids is 3. The van der Waals surface area contributed by atoms with Gasteiger partial charge in [0.15, 0.2) is 0 Å². The molecule has 0 amide bonds. The van der Waals surface area contributed by atoms with E-state index in [9.17, 15) is 14.4 Å². The molecule has 0 aliphatic carbocycles. The maximum absolute atomic E-state index is 12.1. The summed E-state index contributed by atoms with van der Waals surface area (Å²) in [5.74, 6) is -0.752. The Morgan fingerprint density at radius 1 is 0.537 bits per heavy atom. The van der Waals surface area contributed by atoms with Crippen molar-refractivity contribution in [2.45, 2.75) is 194 Å². The van der Waals surface area contributed by atoms with Gasteiger partial charge in [-0.3, -0.25) is 14.4 Å². The molecule has 0 aromatic carbocycles. The van der Waals surface area contributed by atoms with Crippen LogP contribution in [-0.2, 0) is 23.9 Å². The molecule has 0 heterocycles. The molecule has 0 aromatic heterocycles. The number of hydrogen-bond donors (Lipinski definition) is 1. The van der Waals surface area contributed by atoms with E-state index in [2.05, 4.69) is 20.8 Å². The van der Waals surface area contributed by atoms with Gasteiger partial charge in [0.1, 0.15) is 6.04 Å². The molecule has 0 spiro atoms. The van der Waals surface area contributed by atoms with Gasteiger partial charge in [0.25, 0.3) is 0 Å². The number of unbranched alkanes of at least 4 members (excludes halogenated alkanes) is 20. The molecule has 6 heteroatoms. The lowest BCUT2D eigenvalue weighted by Gasteiger charge is -2.11. The fourth-order valence-corrected chi connectivity index (χ4v) is 5.08. The predicted molar refractivity (Wildman–Crippen MR) is 171 cm³/mol. The fourth-order valence-electron chi connectivity index (χ4n) is 5.08. The molecule has 6 nitrogen and oxygen atoms in total. The first-order valence-corrected chi connectivity index (χ1v) is 17.5. The van der Waals surface area contributed by atoms with Gasteiger partial charge in [0.2, 0.25) is 0 Å². The van der Waals surface area contributed by atoms with Crippen molar-refractivity contribution >= 4 is 17.9 Å². The molecule has 0 radical (unpaired) electrons. The molecular weight excluding hydrogens is 514 g/mol. The van der Waals surface area contributed by atoms with E-state index in [4.69, 9.17) is 15.2 Å². The lowest BCUT2D eigenvalue weighted by atomic mass is 10.0. The first kappa shape index (κ1) is 39.6. The van der Waals surface area contributed by atoms with Crippen molar-refractivity contribution in [1.29, 1.82) is 0 Å². The number of rotatable bonds is 30. The van der Waals surface area contributed by atoms with Crippen LogP contribution in [0, 0.1) is 5.92 Å². The van der Waals surface area contributed by atoms with E-state index in [-0.39, 0.29) is 19.3 Å². The topological polar surface area (TPSA) is 95.7 Å². The van der Waals surface area contributed by atoms with Gasteiger partial charge in [0.05, 0.1) is 6.61 Å².